The number of fused-ring (bicyclic) bond motifs is 1. The summed E-state index contributed by atoms with van der Waals surface area (Å²) in [4.78, 5) is 30.7. The molecule has 5 rings (SSSR count). The van der Waals surface area contributed by atoms with Crippen LogP contribution in [-0.2, 0) is 6.54 Å². The van der Waals surface area contributed by atoms with Crippen LogP contribution in [0.4, 0.5) is 10.3 Å². The van der Waals surface area contributed by atoms with E-state index in [0.29, 0.717) is 34.4 Å². The zero-order chi connectivity index (χ0) is 25.2. The maximum Gasteiger partial charge on any atom is 0.273 e. The van der Waals surface area contributed by atoms with Crippen molar-refractivity contribution < 1.29 is 9.18 Å². The lowest BCUT2D eigenvalue weighted by Crippen LogP contribution is -2.34. The first kappa shape index (κ1) is 23.0. The summed E-state index contributed by atoms with van der Waals surface area (Å²) in [5, 5.41) is 5.12. The maximum absolute atomic E-state index is 13.4. The van der Waals surface area contributed by atoms with E-state index in [1.54, 1.807) is 42.6 Å². The molecule has 180 valence electrons. The third kappa shape index (κ3) is 4.34. The summed E-state index contributed by atoms with van der Waals surface area (Å²) < 4.78 is 16.4. The molecule has 0 aliphatic rings. The Labute approximate surface area is 206 Å². The average Bonchev–Trinajstić information content (AvgIpc) is 3.33. The highest BCUT2D eigenvalue weighted by molar-refractivity contribution is 6.00. The molecule has 0 radical (unpaired) electrons. The summed E-state index contributed by atoms with van der Waals surface area (Å²) in [6.07, 6.45) is 1.59. The molecular weight excluding hydrogens is 459 g/mol. The van der Waals surface area contributed by atoms with Crippen molar-refractivity contribution in [2.75, 3.05) is 5.43 Å². The molecule has 0 unspecified atom stereocenters. The van der Waals surface area contributed by atoms with Crippen molar-refractivity contribution >= 4 is 22.8 Å². The number of hydrogen-bond acceptors (Lipinski definition) is 5. The molecule has 2 aromatic heterocycles. The van der Waals surface area contributed by atoms with E-state index in [1.165, 1.54) is 21.4 Å². The van der Waals surface area contributed by atoms with Gasteiger partial charge in [0.1, 0.15) is 11.5 Å². The van der Waals surface area contributed by atoms with Gasteiger partial charge in [-0.05, 0) is 56.3 Å². The van der Waals surface area contributed by atoms with Crippen LogP contribution in [0.3, 0.4) is 0 Å². The van der Waals surface area contributed by atoms with Crippen LogP contribution in [0.25, 0.3) is 27.8 Å². The number of para-hydroxylation sites is 1. The molecule has 9 heteroatoms. The number of aryl methyl sites for hydroxylation is 1. The third-order valence-corrected chi connectivity index (χ3v) is 5.81. The van der Waals surface area contributed by atoms with Gasteiger partial charge in [0.05, 0.1) is 22.2 Å². The van der Waals surface area contributed by atoms with Crippen LogP contribution in [0.5, 0.6) is 0 Å². The number of nitrogens with zero attached hydrogens (tertiary/aromatic N) is 4. The highest BCUT2D eigenvalue weighted by Gasteiger charge is 2.20. The standard InChI is InChI=1S/C27H23FN6O2/c1-3-33-26(36)21-9-4-5-10-23(21)29-27(33)31-30-25(35)22-16-34(20-13-11-19(28)12-14-20)32-24(22)18-8-6-7-17(2)15-18/h4-16H,3H2,1-2H3,(H,29,31)(H,30,35). The normalized spacial score (nSPS) is 11.0. The number of amides is 1. The minimum absolute atomic E-state index is 0.204. The fourth-order valence-electron chi connectivity index (χ4n) is 4.01. The molecule has 0 bridgehead atoms. The van der Waals surface area contributed by atoms with Gasteiger partial charge < -0.3 is 0 Å². The summed E-state index contributed by atoms with van der Waals surface area (Å²) in [5.74, 6) is -0.612. The molecule has 2 N–H and O–H groups in total. The monoisotopic (exact) mass is 482 g/mol. The minimum Gasteiger partial charge on any atom is -0.277 e. The number of hydrazine groups is 1. The molecule has 0 aliphatic carbocycles. The number of rotatable bonds is 6. The number of anilines is 1. The van der Waals surface area contributed by atoms with Crippen molar-refractivity contribution in [3.63, 3.8) is 0 Å². The van der Waals surface area contributed by atoms with Crippen LogP contribution in [0, 0.1) is 12.7 Å². The Morgan fingerprint density at radius 1 is 1.03 bits per heavy atom. The van der Waals surface area contributed by atoms with Crippen LogP contribution >= 0.6 is 0 Å². The molecule has 8 nitrogen and oxygen atoms in total. The molecule has 0 saturated heterocycles. The van der Waals surface area contributed by atoms with Gasteiger partial charge in [0, 0.05) is 18.3 Å². The fraction of sp³-hybridized carbons (Fsp3) is 0.111. The second kappa shape index (κ2) is 9.46. The fourth-order valence-corrected chi connectivity index (χ4v) is 4.01. The first-order valence-corrected chi connectivity index (χ1v) is 11.4. The summed E-state index contributed by atoms with van der Waals surface area (Å²) >= 11 is 0. The van der Waals surface area contributed by atoms with E-state index in [2.05, 4.69) is 20.9 Å². The number of nitrogens with one attached hydrogen (secondary N) is 2. The summed E-state index contributed by atoms with van der Waals surface area (Å²) in [6.45, 7) is 4.15. The van der Waals surface area contributed by atoms with Crippen LogP contribution in [-0.4, -0.2) is 25.2 Å². The number of halogens is 1. The van der Waals surface area contributed by atoms with Gasteiger partial charge in [-0.3, -0.25) is 25.0 Å². The Morgan fingerprint density at radius 2 is 1.81 bits per heavy atom. The molecule has 0 fully saturated rings. The van der Waals surface area contributed by atoms with E-state index in [0.717, 1.165) is 11.1 Å². The number of carbonyl (C=O) groups excluding carboxylic acids is 1. The van der Waals surface area contributed by atoms with Crippen LogP contribution < -0.4 is 16.4 Å². The second-order valence-corrected chi connectivity index (χ2v) is 8.26. The summed E-state index contributed by atoms with van der Waals surface area (Å²) in [6, 6.07) is 20.5. The van der Waals surface area contributed by atoms with E-state index >= 15 is 0 Å². The molecule has 1 amide bonds. The quantitative estimate of drug-likeness (QED) is 0.348. The van der Waals surface area contributed by atoms with E-state index in [4.69, 9.17) is 0 Å². The Morgan fingerprint density at radius 3 is 2.56 bits per heavy atom. The van der Waals surface area contributed by atoms with Crippen molar-refractivity contribution in [3.8, 4) is 16.9 Å². The Balaban J connectivity index is 1.51. The van der Waals surface area contributed by atoms with Crippen LogP contribution in [0.2, 0.25) is 0 Å². The smallest absolute Gasteiger partial charge is 0.273 e. The Hall–Kier alpha value is -4.79. The van der Waals surface area contributed by atoms with E-state index in [9.17, 15) is 14.0 Å². The van der Waals surface area contributed by atoms with Gasteiger partial charge >= 0.3 is 0 Å². The van der Waals surface area contributed by atoms with Crippen molar-refractivity contribution in [2.24, 2.45) is 0 Å². The van der Waals surface area contributed by atoms with Crippen LogP contribution in [0.15, 0.2) is 83.8 Å². The molecule has 0 aliphatic heterocycles. The topological polar surface area (TPSA) is 93.8 Å². The summed E-state index contributed by atoms with van der Waals surface area (Å²) in [5.41, 5.74) is 8.92. The Kier molecular flexibility index (Phi) is 6.03. The van der Waals surface area contributed by atoms with Gasteiger partial charge in [0.25, 0.3) is 11.5 Å². The third-order valence-electron chi connectivity index (χ3n) is 5.81. The van der Waals surface area contributed by atoms with Gasteiger partial charge in [0.2, 0.25) is 5.95 Å². The molecule has 5 aromatic rings. The molecule has 3 aromatic carbocycles. The first-order valence-electron chi connectivity index (χ1n) is 11.4. The van der Waals surface area contributed by atoms with Crippen molar-refractivity contribution in [3.05, 3.63) is 106 Å². The van der Waals surface area contributed by atoms with Gasteiger partial charge in [-0.2, -0.15) is 5.10 Å². The number of hydrogen-bond donors (Lipinski definition) is 2. The van der Waals surface area contributed by atoms with Gasteiger partial charge in [-0.1, -0.05) is 35.9 Å². The zero-order valence-corrected chi connectivity index (χ0v) is 19.7. The molecule has 0 saturated carbocycles. The Bertz CT molecular complexity index is 1640. The van der Waals surface area contributed by atoms with Gasteiger partial charge in [-0.15, -0.1) is 0 Å². The molecule has 0 atom stereocenters. The van der Waals surface area contributed by atoms with E-state index < -0.39 is 5.91 Å². The number of benzene rings is 3. The van der Waals surface area contributed by atoms with Crippen molar-refractivity contribution in [2.45, 2.75) is 20.4 Å². The first-order chi connectivity index (χ1) is 17.4. The predicted molar refractivity (Wildman–Crippen MR) is 136 cm³/mol. The zero-order valence-electron chi connectivity index (χ0n) is 19.7. The maximum atomic E-state index is 13.4. The van der Waals surface area contributed by atoms with E-state index in [1.807, 2.05) is 38.1 Å². The molecule has 0 spiro atoms. The van der Waals surface area contributed by atoms with Gasteiger partial charge in [-0.25, -0.2) is 14.1 Å². The van der Waals surface area contributed by atoms with Gasteiger partial charge in [0.15, 0.2) is 0 Å². The van der Waals surface area contributed by atoms with Crippen LogP contribution in [0.1, 0.15) is 22.8 Å². The lowest BCUT2D eigenvalue weighted by atomic mass is 10.1. The lowest BCUT2D eigenvalue weighted by molar-refractivity contribution is 0.0962. The minimum atomic E-state index is -0.468. The molecule has 36 heavy (non-hydrogen) atoms. The van der Waals surface area contributed by atoms with Crippen molar-refractivity contribution in [1.82, 2.24) is 24.8 Å². The predicted octanol–water partition coefficient (Wildman–Crippen LogP) is 4.47. The lowest BCUT2D eigenvalue weighted by Gasteiger charge is -2.14. The highest BCUT2D eigenvalue weighted by atomic mass is 19.1. The molecule has 2 heterocycles. The van der Waals surface area contributed by atoms with E-state index in [-0.39, 0.29) is 17.3 Å². The number of carbonyl (C=O) groups is 1. The summed E-state index contributed by atoms with van der Waals surface area (Å²) in [7, 11) is 0. The SMILES string of the molecule is CCn1c(NNC(=O)c2cn(-c3ccc(F)cc3)nc2-c2cccc(C)c2)nc2ccccc2c1=O. The molecular formula is C27H23FN6O2. The highest BCUT2D eigenvalue weighted by Crippen LogP contribution is 2.25. The number of aromatic nitrogens is 4. The average molecular weight is 483 g/mol. The largest absolute Gasteiger partial charge is 0.277 e. The second-order valence-electron chi connectivity index (χ2n) is 8.26. The van der Waals surface area contributed by atoms with Crippen molar-refractivity contribution in [1.29, 1.82) is 0 Å².